The SMILES string of the molecule is O[C@@H]1CCC[C@@H]1c1cncnc1. The third-order valence-corrected chi connectivity index (χ3v) is 2.49. The van der Waals surface area contributed by atoms with Gasteiger partial charge in [-0.25, -0.2) is 9.97 Å². The number of hydrogen-bond acceptors (Lipinski definition) is 3. The number of rotatable bonds is 1. The highest BCUT2D eigenvalue weighted by atomic mass is 16.3. The zero-order valence-electron chi connectivity index (χ0n) is 6.85. The minimum Gasteiger partial charge on any atom is -0.392 e. The smallest absolute Gasteiger partial charge is 0.115 e. The second kappa shape index (κ2) is 3.19. The number of aromatic nitrogens is 2. The third-order valence-electron chi connectivity index (χ3n) is 2.49. The highest BCUT2D eigenvalue weighted by molar-refractivity contribution is 5.13. The molecule has 0 bridgehead atoms. The summed E-state index contributed by atoms with van der Waals surface area (Å²) >= 11 is 0. The lowest BCUT2D eigenvalue weighted by Gasteiger charge is -2.12. The van der Waals surface area contributed by atoms with Crippen LogP contribution in [0.3, 0.4) is 0 Å². The summed E-state index contributed by atoms with van der Waals surface area (Å²) in [5, 5.41) is 9.59. The minimum atomic E-state index is -0.184. The van der Waals surface area contributed by atoms with Crippen LogP contribution in [0, 0.1) is 0 Å². The molecule has 3 heteroatoms. The molecule has 0 spiro atoms. The second-order valence-electron chi connectivity index (χ2n) is 3.28. The molecule has 0 saturated heterocycles. The van der Waals surface area contributed by atoms with Crippen molar-refractivity contribution in [1.82, 2.24) is 9.97 Å². The van der Waals surface area contributed by atoms with Gasteiger partial charge in [0.15, 0.2) is 0 Å². The predicted molar refractivity (Wildman–Crippen MR) is 44.6 cm³/mol. The fourth-order valence-corrected chi connectivity index (χ4v) is 1.83. The molecule has 2 atom stereocenters. The summed E-state index contributed by atoms with van der Waals surface area (Å²) in [7, 11) is 0. The second-order valence-corrected chi connectivity index (χ2v) is 3.28. The lowest BCUT2D eigenvalue weighted by Crippen LogP contribution is -2.11. The molecule has 1 aliphatic carbocycles. The number of hydrogen-bond donors (Lipinski definition) is 1. The molecule has 1 heterocycles. The predicted octanol–water partition coefficient (Wildman–Crippen LogP) is 1.10. The molecular formula is C9H12N2O. The van der Waals surface area contributed by atoms with Crippen LogP contribution in [-0.4, -0.2) is 21.2 Å². The van der Waals surface area contributed by atoms with Crippen LogP contribution in [0.2, 0.25) is 0 Å². The van der Waals surface area contributed by atoms with Crippen LogP contribution in [0.1, 0.15) is 30.7 Å². The molecule has 0 radical (unpaired) electrons. The highest BCUT2D eigenvalue weighted by Crippen LogP contribution is 2.33. The zero-order valence-corrected chi connectivity index (χ0v) is 6.85. The van der Waals surface area contributed by atoms with Gasteiger partial charge in [-0.1, -0.05) is 6.42 Å². The van der Waals surface area contributed by atoms with Gasteiger partial charge in [0, 0.05) is 18.3 Å². The maximum absolute atomic E-state index is 9.59. The van der Waals surface area contributed by atoms with Crippen molar-refractivity contribution in [2.45, 2.75) is 31.3 Å². The Morgan fingerprint density at radius 1 is 1.25 bits per heavy atom. The summed E-state index contributed by atoms with van der Waals surface area (Å²) in [5.41, 5.74) is 1.07. The van der Waals surface area contributed by atoms with E-state index in [1.807, 2.05) is 0 Å². The molecule has 0 unspecified atom stereocenters. The maximum Gasteiger partial charge on any atom is 0.115 e. The zero-order chi connectivity index (χ0) is 8.39. The van der Waals surface area contributed by atoms with Crippen molar-refractivity contribution >= 4 is 0 Å². The molecule has 2 rings (SSSR count). The average molecular weight is 164 g/mol. The topological polar surface area (TPSA) is 46.0 Å². The minimum absolute atomic E-state index is 0.184. The lowest BCUT2D eigenvalue weighted by molar-refractivity contribution is 0.163. The Morgan fingerprint density at radius 3 is 2.58 bits per heavy atom. The molecule has 1 aliphatic rings. The van der Waals surface area contributed by atoms with E-state index in [2.05, 4.69) is 9.97 Å². The van der Waals surface area contributed by atoms with Crippen LogP contribution < -0.4 is 0 Å². The van der Waals surface area contributed by atoms with Gasteiger partial charge in [0.25, 0.3) is 0 Å². The van der Waals surface area contributed by atoms with Crippen LogP contribution in [0.25, 0.3) is 0 Å². The number of nitrogens with zero attached hydrogens (tertiary/aromatic N) is 2. The van der Waals surface area contributed by atoms with Crippen molar-refractivity contribution in [3.05, 3.63) is 24.3 Å². The van der Waals surface area contributed by atoms with Gasteiger partial charge < -0.3 is 5.11 Å². The van der Waals surface area contributed by atoms with Crippen molar-refractivity contribution in [3.8, 4) is 0 Å². The average Bonchev–Trinajstić information content (AvgIpc) is 2.53. The normalized spacial score (nSPS) is 29.1. The van der Waals surface area contributed by atoms with Crippen molar-refractivity contribution in [2.75, 3.05) is 0 Å². The van der Waals surface area contributed by atoms with Gasteiger partial charge in [-0.3, -0.25) is 0 Å². The molecule has 0 aliphatic heterocycles. The van der Waals surface area contributed by atoms with Crippen molar-refractivity contribution < 1.29 is 5.11 Å². The summed E-state index contributed by atoms with van der Waals surface area (Å²) < 4.78 is 0. The molecule has 1 saturated carbocycles. The number of aliphatic hydroxyl groups excluding tert-OH is 1. The largest absolute Gasteiger partial charge is 0.392 e. The quantitative estimate of drug-likeness (QED) is 0.676. The Bertz CT molecular complexity index is 250. The van der Waals surface area contributed by atoms with Gasteiger partial charge >= 0.3 is 0 Å². The van der Waals surface area contributed by atoms with Gasteiger partial charge in [-0.2, -0.15) is 0 Å². The molecule has 0 amide bonds. The Labute approximate surface area is 71.5 Å². The van der Waals surface area contributed by atoms with E-state index in [0.29, 0.717) is 0 Å². The van der Waals surface area contributed by atoms with E-state index in [1.54, 1.807) is 12.4 Å². The standard InChI is InChI=1S/C9H12N2O/c12-9-3-1-2-8(9)7-4-10-6-11-5-7/h4-6,8-9,12H,1-3H2/t8-,9-/m1/s1. The maximum atomic E-state index is 9.59. The van der Waals surface area contributed by atoms with E-state index in [1.165, 1.54) is 6.33 Å². The summed E-state index contributed by atoms with van der Waals surface area (Å²) in [6.45, 7) is 0. The van der Waals surface area contributed by atoms with Crippen molar-refractivity contribution in [2.24, 2.45) is 0 Å². The molecule has 1 fully saturated rings. The fourth-order valence-electron chi connectivity index (χ4n) is 1.83. The molecule has 1 aromatic heterocycles. The molecule has 1 N–H and O–H groups in total. The third kappa shape index (κ3) is 1.32. The highest BCUT2D eigenvalue weighted by Gasteiger charge is 2.26. The monoisotopic (exact) mass is 164 g/mol. The summed E-state index contributed by atoms with van der Waals surface area (Å²) in [6.07, 6.45) is 8.02. The van der Waals surface area contributed by atoms with Crippen LogP contribution >= 0.6 is 0 Å². The first-order chi connectivity index (χ1) is 5.88. The van der Waals surface area contributed by atoms with Gasteiger partial charge in [-0.15, -0.1) is 0 Å². The van der Waals surface area contributed by atoms with Crippen LogP contribution in [0.5, 0.6) is 0 Å². The van der Waals surface area contributed by atoms with E-state index >= 15 is 0 Å². The Morgan fingerprint density at radius 2 is 2.00 bits per heavy atom. The van der Waals surface area contributed by atoms with Gasteiger partial charge in [0.05, 0.1) is 6.10 Å². The van der Waals surface area contributed by atoms with E-state index in [0.717, 1.165) is 24.8 Å². The Kier molecular flexibility index (Phi) is 2.04. The Balaban J connectivity index is 2.19. The number of aliphatic hydroxyl groups is 1. The summed E-state index contributed by atoms with van der Waals surface area (Å²) in [4.78, 5) is 7.88. The van der Waals surface area contributed by atoms with E-state index < -0.39 is 0 Å². The van der Waals surface area contributed by atoms with Crippen LogP contribution in [0.15, 0.2) is 18.7 Å². The molecule has 64 valence electrons. The first-order valence-electron chi connectivity index (χ1n) is 4.31. The summed E-state index contributed by atoms with van der Waals surface area (Å²) in [5.74, 6) is 0.270. The first-order valence-corrected chi connectivity index (χ1v) is 4.31. The van der Waals surface area contributed by atoms with Gasteiger partial charge in [0.2, 0.25) is 0 Å². The van der Waals surface area contributed by atoms with E-state index in [4.69, 9.17) is 0 Å². The summed E-state index contributed by atoms with van der Waals surface area (Å²) in [6, 6.07) is 0. The van der Waals surface area contributed by atoms with Crippen LogP contribution in [0.4, 0.5) is 0 Å². The van der Waals surface area contributed by atoms with Gasteiger partial charge in [-0.05, 0) is 18.4 Å². The fraction of sp³-hybridized carbons (Fsp3) is 0.556. The van der Waals surface area contributed by atoms with Crippen molar-refractivity contribution in [1.29, 1.82) is 0 Å². The molecule has 1 aromatic rings. The van der Waals surface area contributed by atoms with E-state index in [-0.39, 0.29) is 12.0 Å². The Hall–Kier alpha value is -0.960. The van der Waals surface area contributed by atoms with E-state index in [9.17, 15) is 5.11 Å². The molecular weight excluding hydrogens is 152 g/mol. The van der Waals surface area contributed by atoms with Crippen LogP contribution in [-0.2, 0) is 0 Å². The lowest BCUT2D eigenvalue weighted by atomic mass is 9.99. The first kappa shape index (κ1) is 7.68. The molecule has 0 aromatic carbocycles. The van der Waals surface area contributed by atoms with Crippen molar-refractivity contribution in [3.63, 3.8) is 0 Å². The van der Waals surface area contributed by atoms with Gasteiger partial charge in [0.1, 0.15) is 6.33 Å². The molecule has 12 heavy (non-hydrogen) atoms. The molecule has 3 nitrogen and oxygen atoms in total.